The minimum Gasteiger partial charge on any atom is -0.508 e. The number of carbonyl (C=O) groups excluding carboxylic acids is 1. The summed E-state index contributed by atoms with van der Waals surface area (Å²) in [6.45, 7) is 7.69. The number of benzene rings is 2. The molecule has 3 aliphatic heterocycles. The van der Waals surface area contributed by atoms with Crippen LogP contribution in [-0.4, -0.2) is 89.6 Å². The Morgan fingerprint density at radius 3 is 2.61 bits per heavy atom. The summed E-state index contributed by atoms with van der Waals surface area (Å²) in [5, 5.41) is 12.7. The van der Waals surface area contributed by atoms with Gasteiger partial charge in [0, 0.05) is 80.1 Å². The highest BCUT2D eigenvalue weighted by atomic mass is 16.5. The summed E-state index contributed by atoms with van der Waals surface area (Å²) in [4.78, 5) is 30.5. The van der Waals surface area contributed by atoms with Crippen molar-refractivity contribution in [2.75, 3.05) is 62.2 Å². The maximum Gasteiger partial charge on any atom is 0.318 e. The summed E-state index contributed by atoms with van der Waals surface area (Å²) in [5.41, 5.74) is 3.22. The van der Waals surface area contributed by atoms with Crippen LogP contribution < -0.4 is 14.5 Å². The van der Waals surface area contributed by atoms with Crippen molar-refractivity contribution >= 4 is 28.6 Å². The van der Waals surface area contributed by atoms with Gasteiger partial charge < -0.3 is 24.5 Å². The average molecular weight is 597 g/mol. The number of hydrogen-bond donors (Lipinski definition) is 1. The molecule has 1 aromatic heterocycles. The van der Waals surface area contributed by atoms with Gasteiger partial charge in [0.25, 0.3) is 0 Å². The third-order valence-corrected chi connectivity index (χ3v) is 10.0. The molecule has 0 spiro atoms. The van der Waals surface area contributed by atoms with Crippen LogP contribution in [0.15, 0.2) is 48.7 Å². The summed E-state index contributed by atoms with van der Waals surface area (Å²) in [6.07, 6.45) is 13.1. The van der Waals surface area contributed by atoms with Gasteiger partial charge in [0.05, 0.1) is 18.8 Å². The fraction of sp³-hybridized carbons (Fsp3) is 0.514. The van der Waals surface area contributed by atoms with Gasteiger partial charge in [-0.15, -0.1) is 0 Å². The molecule has 3 aromatic rings. The first-order valence-electron chi connectivity index (χ1n) is 16.5. The average Bonchev–Trinajstić information content (AvgIpc) is 3.55. The Morgan fingerprint density at radius 2 is 1.77 bits per heavy atom. The number of rotatable bonds is 8. The summed E-state index contributed by atoms with van der Waals surface area (Å²) < 4.78 is 6.43. The Bertz CT molecular complexity index is 1500. The SMILES string of the molecule is O=CC=CN1CCN(c2nc(OC[C@H]3CCN(C4CCCCC4)C3)nc3c2CCN(c2cc(O)cc4ccccc24)C3)CC1. The Balaban J connectivity index is 1.12. The Morgan fingerprint density at radius 1 is 0.932 bits per heavy atom. The van der Waals surface area contributed by atoms with E-state index < -0.39 is 0 Å². The molecule has 9 heteroatoms. The molecule has 9 nitrogen and oxygen atoms in total. The van der Waals surface area contributed by atoms with Crippen molar-refractivity contribution < 1.29 is 14.6 Å². The molecule has 2 saturated heterocycles. The molecule has 0 radical (unpaired) electrons. The van der Waals surface area contributed by atoms with Gasteiger partial charge in [-0.05, 0) is 49.8 Å². The Labute approximate surface area is 260 Å². The largest absolute Gasteiger partial charge is 0.508 e. The second-order valence-electron chi connectivity index (χ2n) is 12.9. The molecule has 44 heavy (non-hydrogen) atoms. The van der Waals surface area contributed by atoms with Crippen molar-refractivity contribution in [1.29, 1.82) is 0 Å². The lowest BCUT2D eigenvalue weighted by Crippen LogP contribution is -2.45. The smallest absolute Gasteiger partial charge is 0.318 e. The van der Waals surface area contributed by atoms with Crippen LogP contribution >= 0.6 is 0 Å². The van der Waals surface area contributed by atoms with Crippen LogP contribution in [0, 0.1) is 5.92 Å². The number of ether oxygens (including phenoxy) is 1. The first-order chi connectivity index (χ1) is 21.6. The van der Waals surface area contributed by atoms with Crippen LogP contribution in [0.25, 0.3) is 10.8 Å². The summed E-state index contributed by atoms with van der Waals surface area (Å²) in [6, 6.07) is 13.1. The molecule has 7 rings (SSSR count). The molecule has 0 bridgehead atoms. The van der Waals surface area contributed by atoms with E-state index in [0.29, 0.717) is 25.1 Å². The van der Waals surface area contributed by atoms with Gasteiger partial charge in [-0.2, -0.15) is 9.97 Å². The lowest BCUT2D eigenvalue weighted by molar-refractivity contribution is -0.104. The van der Waals surface area contributed by atoms with E-state index in [1.165, 1.54) is 50.6 Å². The van der Waals surface area contributed by atoms with Gasteiger partial charge in [0.15, 0.2) is 0 Å². The number of phenols is 1. The number of fused-ring (bicyclic) bond motifs is 2. The van der Waals surface area contributed by atoms with Crippen LogP contribution in [0.2, 0.25) is 0 Å². The van der Waals surface area contributed by atoms with Gasteiger partial charge in [-0.1, -0.05) is 43.5 Å². The maximum atomic E-state index is 10.8. The molecule has 3 fully saturated rings. The minimum atomic E-state index is 0.275. The van der Waals surface area contributed by atoms with E-state index in [2.05, 4.69) is 31.7 Å². The molecule has 0 unspecified atom stereocenters. The quantitative estimate of drug-likeness (QED) is 0.292. The lowest BCUT2D eigenvalue weighted by Gasteiger charge is -2.38. The number of likely N-dealkylation sites (tertiary alicyclic amines) is 1. The molecule has 4 aliphatic rings. The van der Waals surface area contributed by atoms with Crippen molar-refractivity contribution in [3.05, 3.63) is 59.9 Å². The molecule has 1 N–H and O–H groups in total. The number of carbonyl (C=O) groups is 1. The highest BCUT2D eigenvalue weighted by molar-refractivity contribution is 5.95. The number of aromatic nitrogens is 2. The number of hydrogen-bond acceptors (Lipinski definition) is 9. The fourth-order valence-electron chi connectivity index (χ4n) is 7.67. The normalized spacial score (nSPS) is 21.7. The number of nitrogens with zero attached hydrogens (tertiary/aromatic N) is 6. The minimum absolute atomic E-state index is 0.275. The van der Waals surface area contributed by atoms with E-state index in [1.54, 1.807) is 6.08 Å². The van der Waals surface area contributed by atoms with Gasteiger partial charge in [0.2, 0.25) is 0 Å². The van der Waals surface area contributed by atoms with Crippen LogP contribution in [0.1, 0.15) is 49.8 Å². The molecular weight excluding hydrogens is 552 g/mol. The number of anilines is 2. The predicted molar refractivity (Wildman–Crippen MR) is 173 cm³/mol. The van der Waals surface area contributed by atoms with Crippen LogP contribution in [0.3, 0.4) is 0 Å². The van der Waals surface area contributed by atoms with Crippen molar-refractivity contribution in [3.8, 4) is 11.8 Å². The molecule has 1 saturated carbocycles. The first-order valence-corrected chi connectivity index (χ1v) is 16.5. The van der Waals surface area contributed by atoms with Crippen LogP contribution in [-0.2, 0) is 17.8 Å². The van der Waals surface area contributed by atoms with Crippen molar-refractivity contribution in [3.63, 3.8) is 0 Å². The van der Waals surface area contributed by atoms with Gasteiger partial charge >= 0.3 is 6.01 Å². The summed E-state index contributed by atoms with van der Waals surface area (Å²) >= 11 is 0. The van der Waals surface area contributed by atoms with E-state index in [0.717, 1.165) is 86.0 Å². The molecule has 1 aliphatic carbocycles. The highest BCUT2D eigenvalue weighted by Crippen LogP contribution is 2.37. The second-order valence-corrected chi connectivity index (χ2v) is 12.9. The second kappa shape index (κ2) is 13.0. The van der Waals surface area contributed by atoms with Gasteiger partial charge in [0.1, 0.15) is 17.9 Å². The predicted octanol–water partition coefficient (Wildman–Crippen LogP) is 4.77. The molecule has 0 amide bonds. The third-order valence-electron chi connectivity index (χ3n) is 10.0. The van der Waals surface area contributed by atoms with Crippen LogP contribution in [0.5, 0.6) is 11.8 Å². The van der Waals surface area contributed by atoms with E-state index in [9.17, 15) is 9.90 Å². The summed E-state index contributed by atoms with van der Waals surface area (Å²) in [7, 11) is 0. The van der Waals surface area contributed by atoms with Crippen LogP contribution in [0.4, 0.5) is 11.5 Å². The van der Waals surface area contributed by atoms with E-state index in [-0.39, 0.29) is 5.75 Å². The molecular formula is C35H44N6O3. The fourth-order valence-corrected chi connectivity index (χ4v) is 7.67. The molecule has 4 heterocycles. The van der Waals surface area contributed by atoms with E-state index in [4.69, 9.17) is 14.7 Å². The molecule has 2 aromatic carbocycles. The zero-order chi connectivity index (χ0) is 29.9. The number of piperazine rings is 1. The molecule has 232 valence electrons. The monoisotopic (exact) mass is 596 g/mol. The first kappa shape index (κ1) is 28.9. The zero-order valence-corrected chi connectivity index (χ0v) is 25.6. The number of phenolic OH excluding ortho intramolecular Hbond substituents is 1. The van der Waals surface area contributed by atoms with Gasteiger partial charge in [-0.3, -0.25) is 9.69 Å². The van der Waals surface area contributed by atoms with Crippen molar-refractivity contribution in [1.82, 2.24) is 19.8 Å². The lowest BCUT2D eigenvalue weighted by atomic mass is 9.94. The highest BCUT2D eigenvalue weighted by Gasteiger charge is 2.31. The number of aldehydes is 1. The van der Waals surface area contributed by atoms with Crippen molar-refractivity contribution in [2.45, 2.75) is 57.5 Å². The Hall–Kier alpha value is -3.85. The van der Waals surface area contributed by atoms with Gasteiger partial charge in [-0.25, -0.2) is 0 Å². The number of allylic oxidation sites excluding steroid dienone is 1. The van der Waals surface area contributed by atoms with Crippen molar-refractivity contribution in [2.24, 2.45) is 5.92 Å². The topological polar surface area (TPSA) is 85.3 Å². The zero-order valence-electron chi connectivity index (χ0n) is 25.6. The van der Waals surface area contributed by atoms with E-state index in [1.807, 2.05) is 30.5 Å². The van der Waals surface area contributed by atoms with E-state index >= 15 is 0 Å². The maximum absolute atomic E-state index is 10.8. The summed E-state index contributed by atoms with van der Waals surface area (Å²) in [5.74, 6) is 1.76. The number of aromatic hydroxyl groups is 1. The molecule has 1 atom stereocenters. The Kier molecular flexibility index (Phi) is 8.55. The third kappa shape index (κ3) is 6.20. The standard InChI is InChI=1S/C35H44N6O3/c42-20-6-13-38-16-18-39(19-17-38)34-31-12-15-41(33-22-29(43)21-27-7-4-5-10-30(27)33)24-32(31)36-35(37-34)44-25-26-11-14-40(23-26)28-8-2-1-3-9-28/h4-7,10,13,20-22,26,28,43H,1-3,8-9,11-12,14-19,23-25H2/t26-/m0/s1.